The Morgan fingerprint density at radius 3 is 2.46 bits per heavy atom. The molecule has 0 amide bonds. The van der Waals surface area contributed by atoms with Gasteiger partial charge in [0.15, 0.2) is 5.78 Å². The van der Waals surface area contributed by atoms with Crippen molar-refractivity contribution in [3.05, 3.63) is 75.5 Å². The summed E-state index contributed by atoms with van der Waals surface area (Å²) in [5.41, 5.74) is 2.96. The number of Topliss-reactive ketones (excluding diaryl/α,β-unsaturated/α-hetero) is 1. The van der Waals surface area contributed by atoms with Gasteiger partial charge in [0.1, 0.15) is 18.2 Å². The van der Waals surface area contributed by atoms with E-state index >= 15 is 0 Å². The molecule has 0 saturated heterocycles. The van der Waals surface area contributed by atoms with Gasteiger partial charge in [-0.1, -0.05) is 66.2 Å². The number of ketones is 1. The minimum absolute atomic E-state index is 0.0452. The van der Waals surface area contributed by atoms with Crippen LogP contribution in [0.3, 0.4) is 0 Å². The zero-order chi connectivity index (χ0) is 20.1. The standard InChI is InChI=1S/C21H18BrN5O/c1-14(2)16-5-3-15(4-6-16)11-18(12-23)21-24-26-27(25-21)13-20(28)17-7-9-19(22)10-8-17/h3-11,14H,13H2,1-2H3/b18-11+. The maximum absolute atomic E-state index is 12.3. The molecule has 1 aromatic heterocycles. The van der Waals surface area contributed by atoms with E-state index in [4.69, 9.17) is 0 Å². The summed E-state index contributed by atoms with van der Waals surface area (Å²) in [4.78, 5) is 13.5. The average molecular weight is 436 g/mol. The van der Waals surface area contributed by atoms with Gasteiger partial charge in [-0.05, 0) is 40.5 Å². The highest BCUT2D eigenvalue weighted by molar-refractivity contribution is 9.10. The van der Waals surface area contributed by atoms with Crippen molar-refractivity contribution < 1.29 is 4.79 Å². The number of allylic oxidation sites excluding steroid dienone is 1. The van der Waals surface area contributed by atoms with Gasteiger partial charge in [0.2, 0.25) is 5.82 Å². The van der Waals surface area contributed by atoms with Crippen molar-refractivity contribution in [2.45, 2.75) is 26.3 Å². The van der Waals surface area contributed by atoms with Crippen LogP contribution in [0.1, 0.15) is 47.1 Å². The van der Waals surface area contributed by atoms with Gasteiger partial charge < -0.3 is 0 Å². The third kappa shape index (κ3) is 4.78. The van der Waals surface area contributed by atoms with Gasteiger partial charge in [0, 0.05) is 10.0 Å². The molecular weight excluding hydrogens is 418 g/mol. The van der Waals surface area contributed by atoms with Crippen LogP contribution in [-0.4, -0.2) is 26.0 Å². The molecule has 140 valence electrons. The predicted octanol–water partition coefficient (Wildman–Crippen LogP) is 4.51. The maximum atomic E-state index is 12.3. The highest BCUT2D eigenvalue weighted by Gasteiger charge is 2.13. The number of halogens is 1. The Balaban J connectivity index is 1.76. The summed E-state index contributed by atoms with van der Waals surface area (Å²) in [7, 11) is 0. The van der Waals surface area contributed by atoms with E-state index in [1.807, 2.05) is 24.3 Å². The molecule has 0 aliphatic rings. The van der Waals surface area contributed by atoms with Crippen molar-refractivity contribution in [1.82, 2.24) is 20.2 Å². The lowest BCUT2D eigenvalue weighted by Crippen LogP contribution is -2.13. The smallest absolute Gasteiger partial charge is 0.215 e. The first-order valence-corrected chi connectivity index (χ1v) is 9.54. The summed E-state index contributed by atoms with van der Waals surface area (Å²) in [6, 6.07) is 17.1. The molecular formula is C21H18BrN5O. The fourth-order valence-corrected chi connectivity index (χ4v) is 2.83. The first-order chi connectivity index (χ1) is 13.5. The number of rotatable bonds is 6. The van der Waals surface area contributed by atoms with Crippen molar-refractivity contribution in [2.24, 2.45) is 0 Å². The van der Waals surface area contributed by atoms with Crippen LogP contribution in [0, 0.1) is 11.3 Å². The number of nitriles is 1. The van der Waals surface area contributed by atoms with Crippen molar-refractivity contribution in [2.75, 3.05) is 0 Å². The lowest BCUT2D eigenvalue weighted by Gasteiger charge is -2.04. The molecule has 0 radical (unpaired) electrons. The second-order valence-electron chi connectivity index (χ2n) is 6.56. The molecule has 0 N–H and O–H groups in total. The Kier molecular flexibility index (Phi) is 6.12. The Bertz CT molecular complexity index is 1040. The number of nitrogens with zero attached hydrogens (tertiary/aromatic N) is 5. The van der Waals surface area contributed by atoms with Gasteiger partial charge in [-0.15, -0.1) is 10.2 Å². The van der Waals surface area contributed by atoms with Crippen LogP contribution in [0.4, 0.5) is 0 Å². The second-order valence-corrected chi connectivity index (χ2v) is 7.48. The van der Waals surface area contributed by atoms with Gasteiger partial charge in [-0.25, -0.2) is 0 Å². The first kappa shape index (κ1) is 19.6. The number of hydrogen-bond acceptors (Lipinski definition) is 5. The van der Waals surface area contributed by atoms with Crippen LogP contribution in [-0.2, 0) is 6.54 Å². The summed E-state index contributed by atoms with van der Waals surface area (Å²) in [5, 5.41) is 21.5. The summed E-state index contributed by atoms with van der Waals surface area (Å²) < 4.78 is 0.899. The molecule has 1 heterocycles. The lowest BCUT2D eigenvalue weighted by atomic mass is 10.0. The molecule has 3 rings (SSSR count). The zero-order valence-electron chi connectivity index (χ0n) is 15.5. The van der Waals surface area contributed by atoms with Gasteiger partial charge in [0.05, 0.1) is 0 Å². The molecule has 0 spiro atoms. The van der Waals surface area contributed by atoms with Gasteiger partial charge in [-0.2, -0.15) is 10.1 Å². The van der Waals surface area contributed by atoms with E-state index < -0.39 is 0 Å². The molecule has 3 aromatic rings. The fraction of sp³-hybridized carbons (Fsp3) is 0.190. The number of tetrazole rings is 1. The van der Waals surface area contributed by atoms with Crippen LogP contribution in [0.2, 0.25) is 0 Å². The van der Waals surface area contributed by atoms with E-state index in [0.717, 1.165) is 10.0 Å². The first-order valence-electron chi connectivity index (χ1n) is 8.75. The van der Waals surface area contributed by atoms with Crippen LogP contribution < -0.4 is 0 Å². The largest absolute Gasteiger partial charge is 0.292 e. The topological polar surface area (TPSA) is 84.5 Å². The highest BCUT2D eigenvalue weighted by Crippen LogP contribution is 2.18. The molecule has 0 unspecified atom stereocenters. The molecule has 6 nitrogen and oxygen atoms in total. The Hall–Kier alpha value is -3.11. The highest BCUT2D eigenvalue weighted by atomic mass is 79.9. The fourth-order valence-electron chi connectivity index (χ4n) is 2.56. The molecule has 0 bridgehead atoms. The molecule has 0 fully saturated rings. The van der Waals surface area contributed by atoms with Crippen molar-refractivity contribution >= 4 is 33.4 Å². The summed E-state index contributed by atoms with van der Waals surface area (Å²) >= 11 is 3.34. The van der Waals surface area contributed by atoms with Crippen LogP contribution in [0.5, 0.6) is 0 Å². The molecule has 0 aliphatic carbocycles. The SMILES string of the molecule is CC(C)c1ccc(/C=C(\C#N)c2nnn(CC(=O)c3ccc(Br)cc3)n2)cc1. The minimum atomic E-state index is -0.136. The second kappa shape index (κ2) is 8.72. The van der Waals surface area contributed by atoms with Gasteiger partial charge in [-0.3, -0.25) is 4.79 Å². The van der Waals surface area contributed by atoms with E-state index in [1.165, 1.54) is 10.4 Å². The van der Waals surface area contributed by atoms with E-state index in [-0.39, 0.29) is 18.2 Å². The van der Waals surface area contributed by atoms with Gasteiger partial charge in [0.25, 0.3) is 0 Å². The number of carbonyl (C=O) groups excluding carboxylic acids is 1. The van der Waals surface area contributed by atoms with Crippen LogP contribution in [0.15, 0.2) is 53.0 Å². The van der Waals surface area contributed by atoms with E-state index in [9.17, 15) is 10.1 Å². The monoisotopic (exact) mass is 435 g/mol. The Morgan fingerprint density at radius 1 is 1.18 bits per heavy atom. The lowest BCUT2D eigenvalue weighted by molar-refractivity contribution is 0.0961. The average Bonchev–Trinajstić information content (AvgIpc) is 3.15. The molecule has 28 heavy (non-hydrogen) atoms. The normalized spacial score (nSPS) is 11.5. The zero-order valence-corrected chi connectivity index (χ0v) is 17.1. The van der Waals surface area contributed by atoms with Gasteiger partial charge >= 0.3 is 0 Å². The third-order valence-corrected chi connectivity index (χ3v) is 4.71. The van der Waals surface area contributed by atoms with E-state index in [2.05, 4.69) is 51.3 Å². The van der Waals surface area contributed by atoms with Crippen molar-refractivity contribution in [3.63, 3.8) is 0 Å². The van der Waals surface area contributed by atoms with Crippen LogP contribution in [0.25, 0.3) is 11.6 Å². The summed E-state index contributed by atoms with van der Waals surface area (Å²) in [5.74, 6) is 0.501. The van der Waals surface area contributed by atoms with E-state index in [0.29, 0.717) is 17.1 Å². The Morgan fingerprint density at radius 2 is 1.86 bits per heavy atom. The number of aromatic nitrogens is 4. The number of hydrogen-bond donors (Lipinski definition) is 0. The molecule has 7 heteroatoms. The molecule has 0 atom stereocenters. The Labute approximate surface area is 171 Å². The van der Waals surface area contributed by atoms with Crippen LogP contribution >= 0.6 is 15.9 Å². The summed E-state index contributed by atoms with van der Waals surface area (Å²) in [6.07, 6.45) is 1.71. The van der Waals surface area contributed by atoms with Crippen molar-refractivity contribution in [1.29, 1.82) is 5.26 Å². The van der Waals surface area contributed by atoms with Crippen molar-refractivity contribution in [3.8, 4) is 6.07 Å². The summed E-state index contributed by atoms with van der Waals surface area (Å²) in [6.45, 7) is 4.21. The number of benzene rings is 2. The third-order valence-electron chi connectivity index (χ3n) is 4.18. The minimum Gasteiger partial charge on any atom is -0.292 e. The number of carbonyl (C=O) groups is 1. The molecule has 0 saturated carbocycles. The maximum Gasteiger partial charge on any atom is 0.215 e. The quantitative estimate of drug-likeness (QED) is 0.420. The molecule has 2 aromatic carbocycles. The van der Waals surface area contributed by atoms with E-state index in [1.54, 1.807) is 30.3 Å². The molecule has 0 aliphatic heterocycles. The predicted molar refractivity (Wildman–Crippen MR) is 110 cm³/mol.